The van der Waals surface area contributed by atoms with Gasteiger partial charge in [-0.05, 0) is 25.1 Å². The van der Waals surface area contributed by atoms with Crippen molar-refractivity contribution in [2.45, 2.75) is 19.3 Å². The quantitative estimate of drug-likeness (QED) is 0.361. The van der Waals surface area contributed by atoms with Gasteiger partial charge >= 0.3 is 5.97 Å². The van der Waals surface area contributed by atoms with Gasteiger partial charge in [0.15, 0.2) is 16.9 Å². The van der Waals surface area contributed by atoms with E-state index >= 15 is 0 Å². The smallest absolute Gasteiger partial charge is 0.312 e. The van der Waals surface area contributed by atoms with Gasteiger partial charge < -0.3 is 24.1 Å². The number of aryl methyl sites for hydroxylation is 1. The van der Waals surface area contributed by atoms with Gasteiger partial charge in [-0.3, -0.25) is 14.3 Å². The van der Waals surface area contributed by atoms with Crippen LogP contribution in [0.5, 0.6) is 23.0 Å². The third kappa shape index (κ3) is 3.20. The summed E-state index contributed by atoms with van der Waals surface area (Å²) in [6.45, 7) is 1.88. The van der Waals surface area contributed by atoms with Gasteiger partial charge in [-0.25, -0.2) is 0 Å². The third-order valence-electron chi connectivity index (χ3n) is 6.04. The Morgan fingerprint density at radius 2 is 1.94 bits per heavy atom. The highest BCUT2D eigenvalue weighted by Gasteiger charge is 2.35. The number of phenolic OH excluding ortho intramolecular Hbond substituents is 2. The second-order valence-electron chi connectivity index (χ2n) is 7.91. The number of hydrogen-bond acceptors (Lipinski definition) is 8. The average Bonchev–Trinajstić information content (AvgIpc) is 3.10. The molecule has 0 spiro atoms. The average molecular weight is 448 g/mol. The lowest BCUT2D eigenvalue weighted by Crippen LogP contribution is -2.22. The molecule has 0 radical (unpaired) electrons. The molecular formula is C24H20N2O7. The number of aromatic nitrogens is 2. The van der Waals surface area contributed by atoms with Crippen LogP contribution in [-0.4, -0.2) is 33.1 Å². The summed E-state index contributed by atoms with van der Waals surface area (Å²) in [6.07, 6.45) is 1.70. The van der Waals surface area contributed by atoms with E-state index in [1.807, 2.05) is 6.92 Å². The minimum Gasteiger partial charge on any atom is -0.507 e. The molecule has 3 heterocycles. The van der Waals surface area contributed by atoms with Crippen LogP contribution in [0.2, 0.25) is 0 Å². The number of ether oxygens (including phenoxy) is 2. The van der Waals surface area contributed by atoms with E-state index in [1.54, 1.807) is 30.1 Å². The number of nitrogens with zero attached hydrogens (tertiary/aromatic N) is 2. The van der Waals surface area contributed by atoms with E-state index < -0.39 is 17.3 Å². The number of esters is 1. The maximum Gasteiger partial charge on any atom is 0.312 e. The Kier molecular flexibility index (Phi) is 4.63. The van der Waals surface area contributed by atoms with Crippen molar-refractivity contribution in [3.05, 3.63) is 63.6 Å². The SMILES string of the molecule is COc1ccc(-c2cc(=O)c3c(O)cc4c(c3o2)C(c2cnn(C)c2C)CC(=O)O4)cc1O. The zero-order valence-electron chi connectivity index (χ0n) is 18.1. The van der Waals surface area contributed by atoms with Gasteiger partial charge in [0.05, 0.1) is 19.7 Å². The molecule has 1 unspecified atom stereocenters. The fraction of sp³-hybridized carbons (Fsp3) is 0.208. The van der Waals surface area contributed by atoms with Crippen molar-refractivity contribution < 1.29 is 28.9 Å². The number of rotatable bonds is 3. The zero-order valence-corrected chi connectivity index (χ0v) is 18.1. The van der Waals surface area contributed by atoms with Crippen LogP contribution in [0, 0.1) is 6.92 Å². The predicted molar refractivity (Wildman–Crippen MR) is 118 cm³/mol. The van der Waals surface area contributed by atoms with Crippen molar-refractivity contribution in [3.63, 3.8) is 0 Å². The van der Waals surface area contributed by atoms with Crippen molar-refractivity contribution in [1.82, 2.24) is 9.78 Å². The molecule has 0 saturated carbocycles. The number of phenols is 2. The molecule has 0 aliphatic carbocycles. The highest BCUT2D eigenvalue weighted by molar-refractivity contribution is 5.93. The molecule has 5 rings (SSSR count). The van der Waals surface area contributed by atoms with Crippen LogP contribution in [0.4, 0.5) is 0 Å². The van der Waals surface area contributed by atoms with Gasteiger partial charge in [-0.2, -0.15) is 5.10 Å². The highest BCUT2D eigenvalue weighted by Crippen LogP contribution is 2.46. The van der Waals surface area contributed by atoms with Crippen LogP contribution >= 0.6 is 0 Å². The normalized spacial score (nSPS) is 15.4. The number of carbonyl (C=O) groups is 1. The highest BCUT2D eigenvalue weighted by atomic mass is 16.5. The predicted octanol–water partition coefficient (Wildman–Crippen LogP) is 3.36. The van der Waals surface area contributed by atoms with E-state index in [4.69, 9.17) is 13.9 Å². The number of benzene rings is 2. The molecule has 0 bridgehead atoms. The number of carbonyl (C=O) groups excluding carboxylic acids is 1. The Labute approximate surface area is 187 Å². The molecule has 1 aliphatic heterocycles. The molecule has 33 heavy (non-hydrogen) atoms. The van der Waals surface area contributed by atoms with Crippen LogP contribution in [0.15, 0.2) is 45.7 Å². The first kappa shape index (κ1) is 20.6. The molecule has 4 aromatic rings. The first-order valence-electron chi connectivity index (χ1n) is 10.2. The topological polar surface area (TPSA) is 124 Å². The molecular weight excluding hydrogens is 428 g/mol. The van der Waals surface area contributed by atoms with Gasteiger partial charge in [0, 0.05) is 47.5 Å². The summed E-state index contributed by atoms with van der Waals surface area (Å²) in [7, 11) is 3.23. The second kappa shape index (κ2) is 7.40. The lowest BCUT2D eigenvalue weighted by molar-refractivity contribution is -0.135. The van der Waals surface area contributed by atoms with E-state index in [0.717, 1.165) is 11.3 Å². The molecule has 9 nitrogen and oxygen atoms in total. The molecule has 0 amide bonds. The van der Waals surface area contributed by atoms with E-state index in [9.17, 15) is 19.8 Å². The van der Waals surface area contributed by atoms with Gasteiger partial charge in [0.2, 0.25) is 0 Å². The van der Waals surface area contributed by atoms with Crippen molar-refractivity contribution in [1.29, 1.82) is 0 Å². The summed E-state index contributed by atoms with van der Waals surface area (Å²) >= 11 is 0. The molecule has 168 valence electrons. The molecule has 0 fully saturated rings. The molecule has 1 aliphatic rings. The van der Waals surface area contributed by atoms with Gasteiger partial charge in [0.25, 0.3) is 0 Å². The van der Waals surface area contributed by atoms with Crippen LogP contribution in [-0.2, 0) is 11.8 Å². The summed E-state index contributed by atoms with van der Waals surface area (Å²) < 4.78 is 18.3. The summed E-state index contributed by atoms with van der Waals surface area (Å²) in [5.41, 5.74) is 2.20. The van der Waals surface area contributed by atoms with Crippen molar-refractivity contribution >= 4 is 16.9 Å². The van der Waals surface area contributed by atoms with E-state index in [0.29, 0.717) is 11.1 Å². The summed E-state index contributed by atoms with van der Waals surface area (Å²) in [4.78, 5) is 25.4. The number of hydrogen-bond donors (Lipinski definition) is 2. The van der Waals surface area contributed by atoms with Crippen molar-refractivity contribution in [2.75, 3.05) is 7.11 Å². The Hall–Kier alpha value is -4.27. The molecule has 2 aromatic heterocycles. The van der Waals surface area contributed by atoms with Crippen LogP contribution in [0.3, 0.4) is 0 Å². The monoisotopic (exact) mass is 448 g/mol. The summed E-state index contributed by atoms with van der Waals surface area (Å²) in [5, 5.41) is 25.0. The Morgan fingerprint density at radius 1 is 1.15 bits per heavy atom. The minimum atomic E-state index is -0.485. The summed E-state index contributed by atoms with van der Waals surface area (Å²) in [6, 6.07) is 7.12. The maximum absolute atomic E-state index is 13.0. The third-order valence-corrected chi connectivity index (χ3v) is 6.04. The fourth-order valence-corrected chi connectivity index (χ4v) is 4.27. The Bertz CT molecular complexity index is 1500. The number of methoxy groups -OCH3 is 1. The maximum atomic E-state index is 13.0. The van der Waals surface area contributed by atoms with Gasteiger partial charge in [0.1, 0.15) is 28.2 Å². The van der Waals surface area contributed by atoms with E-state index in [1.165, 1.54) is 25.3 Å². The second-order valence-corrected chi connectivity index (χ2v) is 7.91. The standard InChI is InChI=1S/C24H20N2O7/c1-11-14(10-25-26(11)2)13-7-21(30)32-20-9-17(29)23-16(28)8-19(33-24(23)22(13)20)12-4-5-18(31-3)15(27)6-12/h4-6,8-10,13,27,29H,7H2,1-3H3. The number of aromatic hydroxyl groups is 2. The minimum absolute atomic E-state index is 0.0141. The van der Waals surface area contributed by atoms with Gasteiger partial charge in [-0.15, -0.1) is 0 Å². The Morgan fingerprint density at radius 3 is 2.61 bits per heavy atom. The summed E-state index contributed by atoms with van der Waals surface area (Å²) in [5.74, 6) is -0.838. The van der Waals surface area contributed by atoms with Gasteiger partial charge in [-0.1, -0.05) is 0 Å². The van der Waals surface area contributed by atoms with Crippen molar-refractivity contribution in [2.24, 2.45) is 7.05 Å². The van der Waals surface area contributed by atoms with Crippen molar-refractivity contribution in [3.8, 4) is 34.3 Å². The van der Waals surface area contributed by atoms with Crippen LogP contribution < -0.4 is 14.9 Å². The molecule has 2 N–H and O–H groups in total. The van der Waals surface area contributed by atoms with Crippen LogP contribution in [0.25, 0.3) is 22.3 Å². The fourth-order valence-electron chi connectivity index (χ4n) is 4.27. The molecule has 2 aromatic carbocycles. The van der Waals surface area contributed by atoms with Crippen LogP contribution in [0.1, 0.15) is 29.2 Å². The largest absolute Gasteiger partial charge is 0.507 e. The van der Waals surface area contributed by atoms with E-state index in [-0.39, 0.29) is 46.1 Å². The molecule has 1 atom stereocenters. The zero-order chi connectivity index (χ0) is 23.4. The van der Waals surface area contributed by atoms with E-state index in [2.05, 4.69) is 5.10 Å². The molecule has 9 heteroatoms. The Balaban J connectivity index is 1.81. The first-order chi connectivity index (χ1) is 15.8. The molecule has 0 saturated heterocycles. The lowest BCUT2D eigenvalue weighted by atomic mass is 9.85. The first-order valence-corrected chi connectivity index (χ1v) is 10.2. The number of fused-ring (bicyclic) bond motifs is 3. The lowest BCUT2D eigenvalue weighted by Gasteiger charge is -2.25.